The molecule has 3 rings (SSSR count). The SMILES string of the molecule is Cc1ccc(=O)n2c1C1CC(CN(C(=O)OC(C)(C)C)C1)C2. The van der Waals surface area contributed by atoms with Crippen molar-refractivity contribution in [3.05, 3.63) is 33.7 Å². The Bertz CT molecular complexity index is 657. The van der Waals surface area contributed by atoms with Gasteiger partial charge in [0.05, 0.1) is 0 Å². The van der Waals surface area contributed by atoms with Crippen LogP contribution in [0, 0.1) is 12.8 Å². The maximum absolute atomic E-state index is 12.3. The number of pyridine rings is 1. The number of aromatic nitrogens is 1. The minimum atomic E-state index is -0.478. The minimum absolute atomic E-state index is 0.0704. The zero-order chi connectivity index (χ0) is 16.1. The van der Waals surface area contributed by atoms with E-state index in [1.807, 2.05) is 43.2 Å². The lowest BCUT2D eigenvalue weighted by Crippen LogP contribution is -2.50. The van der Waals surface area contributed by atoms with Crippen LogP contribution in [0.4, 0.5) is 4.79 Å². The van der Waals surface area contributed by atoms with E-state index in [0.29, 0.717) is 25.6 Å². The summed E-state index contributed by atoms with van der Waals surface area (Å²) in [4.78, 5) is 26.3. The number of fused-ring (bicyclic) bond motifs is 4. The molecule has 1 aromatic rings. The van der Waals surface area contributed by atoms with E-state index in [1.165, 1.54) is 0 Å². The van der Waals surface area contributed by atoms with Crippen LogP contribution in [0.2, 0.25) is 0 Å². The van der Waals surface area contributed by atoms with Crippen molar-refractivity contribution < 1.29 is 9.53 Å². The van der Waals surface area contributed by atoms with Crippen molar-refractivity contribution in [2.24, 2.45) is 5.92 Å². The molecule has 120 valence electrons. The molecule has 2 unspecified atom stereocenters. The Morgan fingerprint density at radius 2 is 1.95 bits per heavy atom. The Hall–Kier alpha value is -1.78. The number of likely N-dealkylation sites (tertiary alicyclic amines) is 1. The van der Waals surface area contributed by atoms with Crippen molar-refractivity contribution in [3.63, 3.8) is 0 Å². The van der Waals surface area contributed by atoms with Gasteiger partial charge in [0.1, 0.15) is 5.60 Å². The van der Waals surface area contributed by atoms with Crippen LogP contribution in [0.1, 0.15) is 44.4 Å². The Morgan fingerprint density at radius 3 is 2.64 bits per heavy atom. The van der Waals surface area contributed by atoms with Crippen molar-refractivity contribution in [2.75, 3.05) is 13.1 Å². The molecule has 0 radical (unpaired) electrons. The highest BCUT2D eigenvalue weighted by molar-refractivity contribution is 5.68. The van der Waals surface area contributed by atoms with Crippen LogP contribution >= 0.6 is 0 Å². The lowest BCUT2D eigenvalue weighted by Gasteiger charge is -2.43. The van der Waals surface area contributed by atoms with Gasteiger partial charge in [0.15, 0.2) is 0 Å². The third-order valence-corrected chi connectivity index (χ3v) is 4.45. The highest BCUT2D eigenvalue weighted by atomic mass is 16.6. The van der Waals surface area contributed by atoms with Crippen molar-refractivity contribution >= 4 is 6.09 Å². The Morgan fingerprint density at radius 1 is 1.23 bits per heavy atom. The first kappa shape index (κ1) is 15.1. The van der Waals surface area contributed by atoms with Crippen LogP contribution in [0.5, 0.6) is 0 Å². The predicted octanol–water partition coefficient (Wildman–Crippen LogP) is 2.51. The zero-order valence-electron chi connectivity index (χ0n) is 13.8. The molecule has 5 heteroatoms. The predicted molar refractivity (Wildman–Crippen MR) is 84.1 cm³/mol. The normalized spacial score (nSPS) is 23.9. The number of amides is 1. The Labute approximate surface area is 130 Å². The van der Waals surface area contributed by atoms with Crippen molar-refractivity contribution in [1.29, 1.82) is 0 Å². The van der Waals surface area contributed by atoms with Crippen molar-refractivity contribution in [3.8, 4) is 0 Å². The lowest BCUT2D eigenvalue weighted by molar-refractivity contribution is 0.0101. The summed E-state index contributed by atoms with van der Waals surface area (Å²) < 4.78 is 7.41. The molecule has 2 aliphatic rings. The van der Waals surface area contributed by atoms with Gasteiger partial charge in [-0.3, -0.25) is 4.79 Å². The second kappa shape index (κ2) is 5.14. The average molecular weight is 304 g/mol. The smallest absolute Gasteiger partial charge is 0.410 e. The van der Waals surface area contributed by atoms with E-state index in [0.717, 1.165) is 17.7 Å². The number of aryl methyl sites for hydroxylation is 1. The molecule has 0 N–H and O–H groups in total. The van der Waals surface area contributed by atoms with Crippen LogP contribution in [-0.4, -0.2) is 34.3 Å². The molecule has 0 spiro atoms. The minimum Gasteiger partial charge on any atom is -0.444 e. The van der Waals surface area contributed by atoms with Gasteiger partial charge in [-0.1, -0.05) is 6.07 Å². The Balaban J connectivity index is 1.87. The number of hydrogen-bond donors (Lipinski definition) is 0. The topological polar surface area (TPSA) is 51.5 Å². The van der Waals surface area contributed by atoms with Gasteiger partial charge in [-0.2, -0.15) is 0 Å². The van der Waals surface area contributed by atoms with E-state index in [1.54, 1.807) is 6.07 Å². The summed E-state index contributed by atoms with van der Waals surface area (Å²) in [6.45, 7) is 9.70. The summed E-state index contributed by atoms with van der Waals surface area (Å²) >= 11 is 0. The first-order valence-electron chi connectivity index (χ1n) is 7.93. The molecule has 2 bridgehead atoms. The van der Waals surface area contributed by atoms with E-state index in [-0.39, 0.29) is 17.6 Å². The number of carbonyl (C=O) groups excluding carboxylic acids is 1. The largest absolute Gasteiger partial charge is 0.444 e. The molecule has 1 amide bonds. The Kier molecular flexibility index (Phi) is 3.54. The highest BCUT2D eigenvalue weighted by Gasteiger charge is 2.38. The summed E-state index contributed by atoms with van der Waals surface area (Å²) in [5.41, 5.74) is 1.82. The van der Waals surface area contributed by atoms with Crippen molar-refractivity contribution in [2.45, 2.75) is 52.2 Å². The second-order valence-electron chi connectivity index (χ2n) is 7.53. The lowest BCUT2D eigenvalue weighted by atomic mass is 9.82. The van der Waals surface area contributed by atoms with E-state index >= 15 is 0 Å². The molecule has 1 aromatic heterocycles. The first-order valence-corrected chi connectivity index (χ1v) is 7.93. The maximum atomic E-state index is 12.3. The van der Waals surface area contributed by atoms with E-state index < -0.39 is 5.60 Å². The highest BCUT2D eigenvalue weighted by Crippen LogP contribution is 2.36. The van der Waals surface area contributed by atoms with Gasteiger partial charge in [-0.05, 0) is 45.6 Å². The van der Waals surface area contributed by atoms with Gasteiger partial charge in [-0.15, -0.1) is 0 Å². The molecule has 2 atom stereocenters. The standard InChI is InChI=1S/C17H24N2O3/c1-11-5-6-14(20)19-9-12-7-13(15(11)19)10-18(8-12)16(21)22-17(2,3)4/h5-6,12-13H,7-10H2,1-4H3. The number of hydrogen-bond acceptors (Lipinski definition) is 3. The van der Waals surface area contributed by atoms with Crippen LogP contribution in [-0.2, 0) is 11.3 Å². The van der Waals surface area contributed by atoms with Crippen LogP contribution in [0.15, 0.2) is 16.9 Å². The molecule has 0 aliphatic carbocycles. The molecule has 2 aliphatic heterocycles. The molecule has 1 saturated heterocycles. The van der Waals surface area contributed by atoms with Crippen LogP contribution < -0.4 is 5.56 Å². The van der Waals surface area contributed by atoms with Crippen LogP contribution in [0.3, 0.4) is 0 Å². The summed E-state index contributed by atoms with van der Waals surface area (Å²) in [7, 11) is 0. The van der Waals surface area contributed by atoms with Crippen LogP contribution in [0.25, 0.3) is 0 Å². The van der Waals surface area contributed by atoms with Gasteiger partial charge in [0.2, 0.25) is 0 Å². The molecule has 0 saturated carbocycles. The zero-order valence-corrected chi connectivity index (χ0v) is 13.8. The molecule has 3 heterocycles. The van der Waals surface area contributed by atoms with Gasteiger partial charge in [-0.25, -0.2) is 4.79 Å². The fourth-order valence-corrected chi connectivity index (χ4v) is 3.70. The quantitative estimate of drug-likeness (QED) is 0.740. The molecular formula is C17H24N2O3. The summed E-state index contributed by atoms with van der Waals surface area (Å²) in [5, 5.41) is 0. The molecule has 5 nitrogen and oxygen atoms in total. The van der Waals surface area contributed by atoms with Gasteiger partial charge < -0.3 is 14.2 Å². The number of nitrogens with zero attached hydrogens (tertiary/aromatic N) is 2. The fraction of sp³-hybridized carbons (Fsp3) is 0.647. The number of piperidine rings is 1. The third kappa shape index (κ3) is 2.76. The molecule has 22 heavy (non-hydrogen) atoms. The summed E-state index contributed by atoms with van der Waals surface area (Å²) in [6, 6.07) is 3.53. The number of carbonyl (C=O) groups is 1. The van der Waals surface area contributed by atoms with E-state index in [2.05, 4.69) is 0 Å². The van der Waals surface area contributed by atoms with Gasteiger partial charge in [0.25, 0.3) is 5.56 Å². The molecule has 1 fully saturated rings. The second-order valence-corrected chi connectivity index (χ2v) is 7.53. The summed E-state index contributed by atoms with van der Waals surface area (Å²) in [5.74, 6) is 0.562. The number of ether oxygens (including phenoxy) is 1. The average Bonchev–Trinajstić information content (AvgIpc) is 2.40. The summed E-state index contributed by atoms with van der Waals surface area (Å²) in [6.07, 6.45) is 0.801. The van der Waals surface area contributed by atoms with Gasteiger partial charge >= 0.3 is 6.09 Å². The molecule has 0 aromatic carbocycles. The molecular weight excluding hydrogens is 280 g/mol. The monoisotopic (exact) mass is 304 g/mol. The van der Waals surface area contributed by atoms with Crippen molar-refractivity contribution in [1.82, 2.24) is 9.47 Å². The maximum Gasteiger partial charge on any atom is 0.410 e. The van der Waals surface area contributed by atoms with Gasteiger partial charge in [0, 0.05) is 37.3 Å². The first-order chi connectivity index (χ1) is 10.2. The number of rotatable bonds is 0. The van der Waals surface area contributed by atoms with E-state index in [4.69, 9.17) is 4.74 Å². The fourth-order valence-electron chi connectivity index (χ4n) is 3.70. The third-order valence-electron chi connectivity index (χ3n) is 4.45. The van der Waals surface area contributed by atoms with E-state index in [9.17, 15) is 9.59 Å².